The van der Waals surface area contributed by atoms with Crippen LogP contribution in [-0.2, 0) is 25.8 Å². The number of carbonyl (C=O) groups excluding carboxylic acids is 3. The average Bonchev–Trinajstić information content (AvgIpc) is 3.17. The molecule has 3 fully saturated rings. The number of benzene rings is 1. The monoisotopic (exact) mass is 541 g/mol. The minimum atomic E-state index is -1.75. The first-order valence-corrected chi connectivity index (χ1v) is 13.6. The lowest BCUT2D eigenvalue weighted by atomic mass is 9.45. The summed E-state index contributed by atoms with van der Waals surface area (Å²) in [4.78, 5) is 53.0. The Labute approximate surface area is 226 Å². The van der Waals surface area contributed by atoms with Crippen LogP contribution in [0.5, 0.6) is 0 Å². The third-order valence-corrected chi connectivity index (χ3v) is 10.3. The molecular weight excluding hydrogens is 506 g/mol. The van der Waals surface area contributed by atoms with Crippen LogP contribution < -0.4 is 0 Å². The van der Waals surface area contributed by atoms with Crippen LogP contribution in [0.1, 0.15) is 74.7 Å². The number of esters is 1. The van der Waals surface area contributed by atoms with Crippen LogP contribution in [0.15, 0.2) is 35.9 Å². The van der Waals surface area contributed by atoms with E-state index in [9.17, 15) is 34.7 Å². The molecule has 1 aromatic rings. The Morgan fingerprint density at radius 2 is 1.95 bits per heavy atom. The number of hydrogen-bond acceptors (Lipinski definition) is 9. The predicted octanol–water partition coefficient (Wildman–Crippen LogP) is 3.35. The van der Waals surface area contributed by atoms with Crippen LogP contribution in [0, 0.1) is 38.7 Å². The molecule has 0 aromatic heterocycles. The zero-order chi connectivity index (χ0) is 28.2. The Bertz CT molecular complexity index is 1240. The van der Waals surface area contributed by atoms with Gasteiger partial charge in [0.2, 0.25) is 5.78 Å². The van der Waals surface area contributed by atoms with Crippen LogP contribution in [-0.4, -0.2) is 51.1 Å². The van der Waals surface area contributed by atoms with Crippen LogP contribution in [0.2, 0.25) is 0 Å². The SMILES string of the molecule is C[C@]12CCC(=O)C=C1CC[C@@H]1[C@@H]2[C@@H](O)C[C@@]2(C)[C@H]1CC[C@]2(O)C(=O)COC(=O)c1cccc(CO[N+](=O)[O-])c1. The normalized spacial score (nSPS) is 37.1. The van der Waals surface area contributed by atoms with Gasteiger partial charge in [-0.3, -0.25) is 9.59 Å². The number of fused-ring (bicyclic) bond motifs is 5. The second-order valence-electron chi connectivity index (χ2n) is 12.2. The number of allylic oxidation sites excluding steroid dienone is 1. The van der Waals surface area contributed by atoms with Gasteiger partial charge in [-0.15, -0.1) is 10.1 Å². The first-order chi connectivity index (χ1) is 18.4. The van der Waals surface area contributed by atoms with Gasteiger partial charge < -0.3 is 19.8 Å². The van der Waals surface area contributed by atoms with Crippen molar-refractivity contribution in [1.82, 2.24) is 0 Å². The molecule has 0 radical (unpaired) electrons. The van der Waals surface area contributed by atoms with Gasteiger partial charge in [0.15, 0.2) is 12.4 Å². The fourth-order valence-electron chi connectivity index (χ4n) is 8.40. The number of ether oxygens (including phenoxy) is 1. The number of ketones is 2. The van der Waals surface area contributed by atoms with E-state index in [2.05, 4.69) is 11.8 Å². The first kappa shape index (κ1) is 27.5. The van der Waals surface area contributed by atoms with Crippen LogP contribution in [0.25, 0.3) is 0 Å². The molecule has 0 saturated heterocycles. The molecule has 4 aliphatic carbocycles. The second kappa shape index (κ2) is 9.82. The first-order valence-electron chi connectivity index (χ1n) is 13.6. The Hall–Kier alpha value is -3.11. The number of hydrogen-bond donors (Lipinski definition) is 2. The zero-order valence-corrected chi connectivity index (χ0v) is 22.3. The molecule has 5 rings (SSSR count). The lowest BCUT2D eigenvalue weighted by Gasteiger charge is -2.60. The van der Waals surface area contributed by atoms with Crippen molar-refractivity contribution in [2.75, 3.05) is 6.61 Å². The highest BCUT2D eigenvalue weighted by atomic mass is 16.9. The van der Waals surface area contributed by atoms with Gasteiger partial charge in [0.25, 0.3) is 5.09 Å². The van der Waals surface area contributed by atoms with E-state index in [1.807, 2.05) is 6.92 Å². The third kappa shape index (κ3) is 4.47. The van der Waals surface area contributed by atoms with Gasteiger partial charge in [-0.1, -0.05) is 31.6 Å². The highest BCUT2D eigenvalue weighted by Crippen LogP contribution is 2.67. The molecule has 39 heavy (non-hydrogen) atoms. The maximum absolute atomic E-state index is 13.5. The lowest BCUT2D eigenvalue weighted by Crippen LogP contribution is -2.62. The molecule has 0 heterocycles. The smallest absolute Gasteiger partial charge is 0.338 e. The molecule has 0 aliphatic heterocycles. The van der Waals surface area contributed by atoms with Crippen molar-refractivity contribution < 1.29 is 39.3 Å². The summed E-state index contributed by atoms with van der Waals surface area (Å²) >= 11 is 0. The van der Waals surface area contributed by atoms with Crippen LogP contribution in [0.4, 0.5) is 0 Å². The molecule has 7 atom stereocenters. The van der Waals surface area contributed by atoms with Crippen LogP contribution in [0.3, 0.4) is 0 Å². The summed E-state index contributed by atoms with van der Waals surface area (Å²) in [5, 5.41) is 32.8. The Balaban J connectivity index is 1.30. The van der Waals surface area contributed by atoms with Gasteiger partial charge in [-0.2, -0.15) is 0 Å². The topological polar surface area (TPSA) is 153 Å². The molecule has 0 spiro atoms. The summed E-state index contributed by atoms with van der Waals surface area (Å²) in [6, 6.07) is 5.94. The number of Topliss-reactive ketones (excluding diaryl/α,β-unsaturated/α-hetero) is 1. The molecule has 10 nitrogen and oxygen atoms in total. The minimum Gasteiger partial charge on any atom is -0.454 e. The van der Waals surface area contributed by atoms with Crippen LogP contribution >= 0.6 is 0 Å². The molecule has 2 N–H and O–H groups in total. The Morgan fingerprint density at radius 1 is 1.18 bits per heavy atom. The summed E-state index contributed by atoms with van der Waals surface area (Å²) in [5.74, 6) is -1.14. The molecule has 0 amide bonds. The molecule has 1 aromatic carbocycles. The van der Waals surface area contributed by atoms with Gasteiger partial charge in [-0.05, 0) is 85.5 Å². The van der Waals surface area contributed by atoms with Gasteiger partial charge in [0.05, 0.1) is 11.7 Å². The maximum atomic E-state index is 13.5. The van der Waals surface area contributed by atoms with E-state index >= 15 is 0 Å². The highest BCUT2D eigenvalue weighted by molar-refractivity contribution is 5.94. The van der Waals surface area contributed by atoms with E-state index in [0.29, 0.717) is 24.8 Å². The molecule has 0 bridgehead atoms. The quantitative estimate of drug-likeness (QED) is 0.300. The molecule has 10 heteroatoms. The lowest BCUT2D eigenvalue weighted by molar-refractivity contribution is -0.763. The summed E-state index contributed by atoms with van der Waals surface area (Å²) < 4.78 is 5.28. The predicted molar refractivity (Wildman–Crippen MR) is 137 cm³/mol. The Kier molecular flexibility index (Phi) is 6.91. The number of carbonyl (C=O) groups is 3. The summed E-state index contributed by atoms with van der Waals surface area (Å²) in [5.41, 5.74) is -1.27. The van der Waals surface area contributed by atoms with E-state index in [4.69, 9.17) is 4.74 Å². The summed E-state index contributed by atoms with van der Waals surface area (Å²) in [6.45, 7) is 3.08. The van der Waals surface area contributed by atoms with Crippen molar-refractivity contribution in [2.45, 2.75) is 77.1 Å². The maximum Gasteiger partial charge on any atom is 0.338 e. The molecule has 0 unspecified atom stereocenters. The summed E-state index contributed by atoms with van der Waals surface area (Å²) in [7, 11) is 0. The molecule has 3 saturated carbocycles. The van der Waals surface area contributed by atoms with Crippen molar-refractivity contribution in [3.8, 4) is 0 Å². The average molecular weight is 542 g/mol. The highest BCUT2D eigenvalue weighted by Gasteiger charge is 2.68. The van der Waals surface area contributed by atoms with Gasteiger partial charge in [0, 0.05) is 11.8 Å². The van der Waals surface area contributed by atoms with E-state index in [0.717, 1.165) is 18.4 Å². The Morgan fingerprint density at radius 3 is 2.69 bits per heavy atom. The number of aliphatic hydroxyl groups is 2. The minimum absolute atomic E-state index is 0.0184. The second-order valence-corrected chi connectivity index (χ2v) is 12.2. The molecular formula is C29H35NO9. The number of aliphatic hydroxyl groups excluding tert-OH is 1. The van der Waals surface area contributed by atoms with E-state index in [-0.39, 0.29) is 54.0 Å². The standard InChI is InChI=1S/C29H35NO9/c1-27-10-8-20(31)13-19(27)6-7-21-22-9-11-29(35,28(22,2)14-23(32)25(21)27)24(33)16-38-26(34)18-5-3-4-17(12-18)15-39-30(36)37/h3-5,12-13,21-23,25,32,35H,6-11,14-16H2,1-2H3/t21-,22-,23-,25+,27-,28-,29-/m0/s1. The van der Waals surface area contributed by atoms with Crippen molar-refractivity contribution in [2.24, 2.45) is 28.6 Å². The fourth-order valence-corrected chi connectivity index (χ4v) is 8.40. The molecule has 4 aliphatic rings. The van der Waals surface area contributed by atoms with Crippen molar-refractivity contribution >= 4 is 17.5 Å². The summed E-state index contributed by atoms with van der Waals surface area (Å²) in [6.07, 6.45) is 4.90. The molecule has 210 valence electrons. The largest absolute Gasteiger partial charge is 0.454 e. The van der Waals surface area contributed by atoms with Crippen molar-refractivity contribution in [1.29, 1.82) is 0 Å². The van der Waals surface area contributed by atoms with Gasteiger partial charge >= 0.3 is 5.97 Å². The van der Waals surface area contributed by atoms with E-state index in [1.54, 1.807) is 12.1 Å². The number of rotatable bonds is 7. The van der Waals surface area contributed by atoms with Crippen molar-refractivity contribution in [3.05, 3.63) is 57.2 Å². The van der Waals surface area contributed by atoms with Gasteiger partial charge in [-0.25, -0.2) is 4.79 Å². The number of nitrogens with zero attached hydrogens (tertiary/aromatic N) is 1. The van der Waals surface area contributed by atoms with Crippen molar-refractivity contribution in [3.63, 3.8) is 0 Å². The van der Waals surface area contributed by atoms with Gasteiger partial charge in [0.1, 0.15) is 12.2 Å². The van der Waals surface area contributed by atoms with E-state index < -0.39 is 40.6 Å². The zero-order valence-electron chi connectivity index (χ0n) is 22.3. The fraction of sp³-hybridized carbons (Fsp3) is 0.621. The van der Waals surface area contributed by atoms with E-state index in [1.165, 1.54) is 18.2 Å². The third-order valence-electron chi connectivity index (χ3n) is 10.3.